The van der Waals surface area contributed by atoms with Crippen molar-refractivity contribution in [2.24, 2.45) is 0 Å². The summed E-state index contributed by atoms with van der Waals surface area (Å²) in [5.41, 5.74) is 1.00. The van der Waals surface area contributed by atoms with Crippen molar-refractivity contribution in [3.8, 4) is 12.3 Å². The van der Waals surface area contributed by atoms with Crippen LogP contribution in [0, 0.1) is 19.3 Å². The zero-order chi connectivity index (χ0) is 6.69. The second kappa shape index (κ2) is 2.36. The van der Waals surface area contributed by atoms with Crippen LogP contribution in [0.15, 0.2) is 12.5 Å². The third kappa shape index (κ3) is 1.33. The van der Waals surface area contributed by atoms with E-state index in [2.05, 4.69) is 10.9 Å². The summed E-state index contributed by atoms with van der Waals surface area (Å²) in [6, 6.07) is 0. The van der Waals surface area contributed by atoms with E-state index in [-0.39, 0.29) is 0 Å². The zero-order valence-electron chi connectivity index (χ0n) is 5.33. The van der Waals surface area contributed by atoms with E-state index in [1.54, 1.807) is 6.33 Å². The number of aryl methyl sites for hydroxylation is 1. The van der Waals surface area contributed by atoms with Crippen LogP contribution in [0.3, 0.4) is 0 Å². The molecular weight excluding hydrogens is 112 g/mol. The smallest absolute Gasteiger partial charge is 0.0957 e. The monoisotopic (exact) mass is 120 g/mol. The van der Waals surface area contributed by atoms with Crippen LogP contribution in [0.2, 0.25) is 0 Å². The first kappa shape index (κ1) is 5.90. The van der Waals surface area contributed by atoms with Gasteiger partial charge in [-0.3, -0.25) is 0 Å². The molecule has 1 aromatic heterocycles. The van der Waals surface area contributed by atoms with Crippen LogP contribution in [0.5, 0.6) is 0 Å². The van der Waals surface area contributed by atoms with Gasteiger partial charge < -0.3 is 4.57 Å². The summed E-state index contributed by atoms with van der Waals surface area (Å²) in [5.74, 6) is 2.52. The molecule has 0 bridgehead atoms. The Morgan fingerprint density at radius 1 is 1.89 bits per heavy atom. The molecule has 1 heterocycles. The van der Waals surface area contributed by atoms with Crippen molar-refractivity contribution in [3.63, 3.8) is 0 Å². The lowest BCUT2D eigenvalue weighted by Gasteiger charge is -1.88. The van der Waals surface area contributed by atoms with Gasteiger partial charge in [-0.2, -0.15) is 0 Å². The minimum Gasteiger partial charge on any atom is -0.326 e. The lowest BCUT2D eigenvalue weighted by Crippen LogP contribution is -1.88. The number of aromatic nitrogens is 2. The Balaban J connectivity index is 2.76. The van der Waals surface area contributed by atoms with Crippen molar-refractivity contribution in [1.29, 1.82) is 0 Å². The first-order valence-corrected chi connectivity index (χ1v) is 2.75. The van der Waals surface area contributed by atoms with Crippen LogP contribution in [-0.4, -0.2) is 9.55 Å². The lowest BCUT2D eigenvalue weighted by molar-refractivity contribution is 0.840. The number of nitrogens with zero attached hydrogens (tertiary/aromatic N) is 2. The van der Waals surface area contributed by atoms with Crippen molar-refractivity contribution >= 4 is 0 Å². The molecule has 0 saturated heterocycles. The van der Waals surface area contributed by atoms with Gasteiger partial charge in [0, 0.05) is 6.20 Å². The highest BCUT2D eigenvalue weighted by Crippen LogP contribution is 1.90. The maximum atomic E-state index is 5.07. The van der Waals surface area contributed by atoms with Gasteiger partial charge in [0.25, 0.3) is 0 Å². The van der Waals surface area contributed by atoms with Crippen LogP contribution in [0.4, 0.5) is 0 Å². The molecule has 0 saturated carbocycles. The molecule has 0 unspecified atom stereocenters. The molecule has 2 heteroatoms. The molecule has 0 aliphatic heterocycles. The van der Waals surface area contributed by atoms with Crippen LogP contribution in [-0.2, 0) is 6.54 Å². The Kier molecular flexibility index (Phi) is 1.55. The highest BCUT2D eigenvalue weighted by molar-refractivity contribution is 4.95. The van der Waals surface area contributed by atoms with E-state index in [1.165, 1.54) is 0 Å². The van der Waals surface area contributed by atoms with E-state index in [1.807, 2.05) is 17.7 Å². The Morgan fingerprint density at radius 2 is 2.67 bits per heavy atom. The van der Waals surface area contributed by atoms with Crippen molar-refractivity contribution < 1.29 is 0 Å². The zero-order valence-corrected chi connectivity index (χ0v) is 5.33. The molecule has 0 spiro atoms. The largest absolute Gasteiger partial charge is 0.326 e. The summed E-state index contributed by atoms with van der Waals surface area (Å²) in [6.07, 6.45) is 8.72. The van der Waals surface area contributed by atoms with Gasteiger partial charge in [-0.1, -0.05) is 5.92 Å². The third-order valence-electron chi connectivity index (χ3n) is 1.04. The van der Waals surface area contributed by atoms with Crippen LogP contribution < -0.4 is 0 Å². The molecule has 9 heavy (non-hydrogen) atoms. The van der Waals surface area contributed by atoms with Gasteiger partial charge in [-0.05, 0) is 6.92 Å². The van der Waals surface area contributed by atoms with Gasteiger partial charge in [-0.15, -0.1) is 6.42 Å². The summed E-state index contributed by atoms with van der Waals surface area (Å²) in [7, 11) is 0. The van der Waals surface area contributed by atoms with Crippen LogP contribution >= 0.6 is 0 Å². The molecule has 46 valence electrons. The fraction of sp³-hybridized carbons (Fsp3) is 0.286. The van der Waals surface area contributed by atoms with Gasteiger partial charge in [0.15, 0.2) is 0 Å². The normalized spacial score (nSPS) is 8.89. The van der Waals surface area contributed by atoms with E-state index < -0.39 is 0 Å². The average Bonchev–Trinajstić information content (AvgIpc) is 2.17. The number of rotatable bonds is 1. The number of hydrogen-bond acceptors (Lipinski definition) is 1. The topological polar surface area (TPSA) is 17.8 Å². The molecule has 1 rings (SSSR count). The predicted molar refractivity (Wildman–Crippen MR) is 35.8 cm³/mol. The number of terminal acetylenes is 1. The van der Waals surface area contributed by atoms with Gasteiger partial charge in [0.2, 0.25) is 0 Å². The average molecular weight is 120 g/mol. The van der Waals surface area contributed by atoms with Gasteiger partial charge in [0.05, 0.1) is 18.6 Å². The third-order valence-corrected chi connectivity index (χ3v) is 1.04. The number of imidazole rings is 1. The first-order chi connectivity index (χ1) is 4.33. The molecule has 1 aromatic rings. The molecule has 0 aliphatic rings. The molecule has 0 atom stereocenters. The fourth-order valence-electron chi connectivity index (χ4n) is 0.664. The maximum Gasteiger partial charge on any atom is 0.0957 e. The van der Waals surface area contributed by atoms with E-state index in [9.17, 15) is 0 Å². The van der Waals surface area contributed by atoms with Crippen molar-refractivity contribution in [2.75, 3.05) is 0 Å². The lowest BCUT2D eigenvalue weighted by atomic mass is 10.5. The molecule has 0 fully saturated rings. The minimum atomic E-state index is 0.612. The second-order valence-electron chi connectivity index (χ2n) is 1.89. The van der Waals surface area contributed by atoms with Crippen LogP contribution in [0.25, 0.3) is 0 Å². The highest BCUT2D eigenvalue weighted by atomic mass is 15.0. The standard InChI is InChI=1S/C7H8N2/c1-3-4-9-5-7(2)8-6-9/h1,5-6H,4H2,2H3. The summed E-state index contributed by atoms with van der Waals surface area (Å²) < 4.78 is 1.87. The molecule has 0 aromatic carbocycles. The minimum absolute atomic E-state index is 0.612. The number of hydrogen-bond donors (Lipinski definition) is 0. The molecular formula is C7H8N2. The van der Waals surface area contributed by atoms with Crippen molar-refractivity contribution in [3.05, 3.63) is 18.2 Å². The fourth-order valence-corrected chi connectivity index (χ4v) is 0.664. The van der Waals surface area contributed by atoms with E-state index >= 15 is 0 Å². The van der Waals surface area contributed by atoms with Gasteiger partial charge in [-0.25, -0.2) is 4.98 Å². The van der Waals surface area contributed by atoms with E-state index in [0.717, 1.165) is 5.69 Å². The molecule has 0 aliphatic carbocycles. The summed E-state index contributed by atoms with van der Waals surface area (Å²) in [6.45, 7) is 2.55. The molecule has 0 radical (unpaired) electrons. The second-order valence-corrected chi connectivity index (χ2v) is 1.89. The Bertz CT molecular complexity index is 229. The van der Waals surface area contributed by atoms with E-state index in [4.69, 9.17) is 6.42 Å². The van der Waals surface area contributed by atoms with Crippen molar-refractivity contribution in [2.45, 2.75) is 13.5 Å². The first-order valence-electron chi connectivity index (χ1n) is 2.75. The van der Waals surface area contributed by atoms with E-state index in [0.29, 0.717) is 6.54 Å². The molecule has 0 amide bonds. The quantitative estimate of drug-likeness (QED) is 0.502. The maximum absolute atomic E-state index is 5.07. The summed E-state index contributed by atoms with van der Waals surface area (Å²) in [4.78, 5) is 4.00. The predicted octanol–water partition coefficient (Wildman–Crippen LogP) is 0.825. The van der Waals surface area contributed by atoms with Gasteiger partial charge >= 0.3 is 0 Å². The highest BCUT2D eigenvalue weighted by Gasteiger charge is 1.87. The SMILES string of the molecule is C#CCn1cnc(C)c1. The summed E-state index contributed by atoms with van der Waals surface area (Å²) in [5, 5.41) is 0. The summed E-state index contributed by atoms with van der Waals surface area (Å²) >= 11 is 0. The van der Waals surface area contributed by atoms with Crippen molar-refractivity contribution in [1.82, 2.24) is 9.55 Å². The Hall–Kier alpha value is -1.23. The van der Waals surface area contributed by atoms with Crippen LogP contribution in [0.1, 0.15) is 5.69 Å². The Morgan fingerprint density at radius 3 is 3.11 bits per heavy atom. The molecule has 2 nitrogen and oxygen atoms in total. The van der Waals surface area contributed by atoms with Gasteiger partial charge in [0.1, 0.15) is 0 Å². The molecule has 0 N–H and O–H groups in total. The Labute approximate surface area is 54.5 Å².